The van der Waals surface area contributed by atoms with Gasteiger partial charge in [0.15, 0.2) is 0 Å². The highest BCUT2D eigenvalue weighted by molar-refractivity contribution is 4.90. The van der Waals surface area contributed by atoms with Crippen LogP contribution in [-0.4, -0.2) is 0 Å². The standard InChI is InChI=1S/C15H28/c1-10(2)13-8-6-12(4)15-9-11(3)5-7-14(13)15/h10-15H,5-9H2,1-4H3. The molecule has 5 atom stereocenters. The first kappa shape index (κ1) is 11.5. The van der Waals surface area contributed by atoms with Crippen molar-refractivity contribution in [3.8, 4) is 0 Å². The van der Waals surface area contributed by atoms with Crippen LogP contribution < -0.4 is 0 Å². The van der Waals surface area contributed by atoms with Gasteiger partial charge in [0, 0.05) is 0 Å². The first-order valence-electron chi connectivity index (χ1n) is 7.09. The van der Waals surface area contributed by atoms with E-state index in [0.29, 0.717) is 0 Å². The predicted octanol–water partition coefficient (Wildman–Crippen LogP) is 4.74. The molecule has 0 radical (unpaired) electrons. The van der Waals surface area contributed by atoms with Gasteiger partial charge in [0.25, 0.3) is 0 Å². The second-order valence-electron chi connectivity index (χ2n) is 6.71. The molecule has 5 unspecified atom stereocenters. The van der Waals surface area contributed by atoms with Gasteiger partial charge < -0.3 is 0 Å². The average Bonchev–Trinajstić information content (AvgIpc) is 2.19. The van der Waals surface area contributed by atoms with Crippen LogP contribution in [0.2, 0.25) is 0 Å². The van der Waals surface area contributed by atoms with Gasteiger partial charge in [0.1, 0.15) is 0 Å². The van der Waals surface area contributed by atoms with Crippen LogP contribution in [0.4, 0.5) is 0 Å². The van der Waals surface area contributed by atoms with Gasteiger partial charge in [-0.1, -0.05) is 40.5 Å². The van der Waals surface area contributed by atoms with E-state index >= 15 is 0 Å². The summed E-state index contributed by atoms with van der Waals surface area (Å²) in [6.07, 6.45) is 7.55. The minimum absolute atomic E-state index is 0.915. The van der Waals surface area contributed by atoms with E-state index in [9.17, 15) is 0 Å². The van der Waals surface area contributed by atoms with Crippen molar-refractivity contribution >= 4 is 0 Å². The molecule has 15 heavy (non-hydrogen) atoms. The minimum Gasteiger partial charge on any atom is -0.0625 e. The van der Waals surface area contributed by atoms with Gasteiger partial charge in [-0.05, 0) is 54.8 Å². The zero-order valence-electron chi connectivity index (χ0n) is 11.0. The Morgan fingerprint density at radius 1 is 0.867 bits per heavy atom. The predicted molar refractivity (Wildman–Crippen MR) is 66.7 cm³/mol. The van der Waals surface area contributed by atoms with Crippen molar-refractivity contribution in [1.29, 1.82) is 0 Å². The van der Waals surface area contributed by atoms with Crippen molar-refractivity contribution in [2.75, 3.05) is 0 Å². The number of fused-ring (bicyclic) bond motifs is 1. The first-order valence-corrected chi connectivity index (χ1v) is 7.09. The third-order valence-electron chi connectivity index (χ3n) is 5.31. The summed E-state index contributed by atoms with van der Waals surface area (Å²) in [5.41, 5.74) is 0. The van der Waals surface area contributed by atoms with Crippen molar-refractivity contribution in [3.63, 3.8) is 0 Å². The Morgan fingerprint density at radius 2 is 1.60 bits per heavy atom. The van der Waals surface area contributed by atoms with Crippen LogP contribution in [0.3, 0.4) is 0 Å². The molecule has 2 rings (SSSR count). The molecule has 2 saturated carbocycles. The van der Waals surface area contributed by atoms with Crippen LogP contribution in [0.1, 0.15) is 59.8 Å². The third kappa shape index (κ3) is 2.24. The van der Waals surface area contributed by atoms with E-state index in [-0.39, 0.29) is 0 Å². The summed E-state index contributed by atoms with van der Waals surface area (Å²) in [5, 5.41) is 0. The van der Waals surface area contributed by atoms with Crippen LogP contribution in [0.15, 0.2) is 0 Å². The fourth-order valence-corrected chi connectivity index (χ4v) is 4.35. The van der Waals surface area contributed by atoms with Crippen LogP contribution >= 0.6 is 0 Å². The summed E-state index contributed by atoms with van der Waals surface area (Å²) in [6, 6.07) is 0. The summed E-state index contributed by atoms with van der Waals surface area (Å²) in [7, 11) is 0. The van der Waals surface area contributed by atoms with E-state index in [4.69, 9.17) is 0 Å². The van der Waals surface area contributed by atoms with E-state index in [1.54, 1.807) is 0 Å². The lowest BCUT2D eigenvalue weighted by molar-refractivity contribution is 0.0188. The van der Waals surface area contributed by atoms with Gasteiger partial charge in [-0.15, -0.1) is 0 Å². The minimum atomic E-state index is 0.915. The highest BCUT2D eigenvalue weighted by Crippen LogP contribution is 2.50. The van der Waals surface area contributed by atoms with Crippen molar-refractivity contribution < 1.29 is 0 Å². The number of hydrogen-bond donors (Lipinski definition) is 0. The summed E-state index contributed by atoms with van der Waals surface area (Å²) in [4.78, 5) is 0. The Balaban J connectivity index is 2.09. The Morgan fingerprint density at radius 3 is 2.27 bits per heavy atom. The lowest BCUT2D eigenvalue weighted by Crippen LogP contribution is -2.39. The van der Waals surface area contributed by atoms with E-state index in [1.165, 1.54) is 32.1 Å². The second kappa shape index (κ2) is 4.47. The molecule has 0 heteroatoms. The lowest BCUT2D eigenvalue weighted by atomic mass is 9.57. The monoisotopic (exact) mass is 208 g/mol. The molecule has 0 saturated heterocycles. The summed E-state index contributed by atoms with van der Waals surface area (Å²) < 4.78 is 0. The van der Waals surface area contributed by atoms with Crippen LogP contribution in [0, 0.1) is 35.5 Å². The average molecular weight is 208 g/mol. The summed E-state index contributed by atoms with van der Waals surface area (Å²) in [6.45, 7) is 9.85. The molecule has 0 heterocycles. The molecule has 0 aliphatic heterocycles. The molecular weight excluding hydrogens is 180 g/mol. The SMILES string of the molecule is CC1CCC2C(C(C)C)CCC(C)C2C1. The van der Waals surface area contributed by atoms with Crippen molar-refractivity contribution in [1.82, 2.24) is 0 Å². The van der Waals surface area contributed by atoms with Gasteiger partial charge in [0.05, 0.1) is 0 Å². The highest BCUT2D eigenvalue weighted by Gasteiger charge is 2.41. The van der Waals surface area contributed by atoms with Crippen molar-refractivity contribution in [3.05, 3.63) is 0 Å². The molecule has 2 aliphatic rings. The quantitative estimate of drug-likeness (QED) is 0.584. The van der Waals surface area contributed by atoms with Crippen molar-refractivity contribution in [2.24, 2.45) is 35.5 Å². The molecule has 0 amide bonds. The molecule has 0 bridgehead atoms. The fraction of sp³-hybridized carbons (Fsp3) is 1.00. The summed E-state index contributed by atoms with van der Waals surface area (Å²) >= 11 is 0. The zero-order chi connectivity index (χ0) is 11.0. The zero-order valence-corrected chi connectivity index (χ0v) is 11.0. The van der Waals surface area contributed by atoms with Gasteiger partial charge in [-0.3, -0.25) is 0 Å². The number of rotatable bonds is 1. The van der Waals surface area contributed by atoms with E-state index in [0.717, 1.165) is 35.5 Å². The van der Waals surface area contributed by atoms with Gasteiger partial charge >= 0.3 is 0 Å². The molecule has 0 aromatic heterocycles. The van der Waals surface area contributed by atoms with Gasteiger partial charge in [-0.25, -0.2) is 0 Å². The Labute approximate surface area is 95.8 Å². The Hall–Kier alpha value is 0. The molecule has 2 aliphatic carbocycles. The third-order valence-corrected chi connectivity index (χ3v) is 5.31. The normalized spacial score (nSPS) is 46.6. The topological polar surface area (TPSA) is 0 Å². The summed E-state index contributed by atoms with van der Waals surface area (Å²) in [5.74, 6) is 6.10. The molecular formula is C15H28. The molecule has 0 nitrogen and oxygen atoms in total. The van der Waals surface area contributed by atoms with Crippen LogP contribution in [0.25, 0.3) is 0 Å². The highest BCUT2D eigenvalue weighted by atomic mass is 14.5. The largest absolute Gasteiger partial charge is 0.0625 e. The molecule has 0 aromatic carbocycles. The molecule has 0 aromatic rings. The van der Waals surface area contributed by atoms with E-state index < -0.39 is 0 Å². The molecule has 0 spiro atoms. The molecule has 88 valence electrons. The lowest BCUT2D eigenvalue weighted by Gasteiger charge is -2.48. The maximum Gasteiger partial charge on any atom is -0.0352 e. The van der Waals surface area contributed by atoms with Crippen LogP contribution in [-0.2, 0) is 0 Å². The van der Waals surface area contributed by atoms with E-state index in [1.807, 2.05) is 0 Å². The number of hydrogen-bond acceptors (Lipinski definition) is 0. The Bertz CT molecular complexity index is 206. The first-order chi connectivity index (χ1) is 7.09. The molecule has 0 N–H and O–H groups in total. The smallest absolute Gasteiger partial charge is 0.0352 e. The maximum atomic E-state index is 2.51. The molecule has 2 fully saturated rings. The second-order valence-corrected chi connectivity index (χ2v) is 6.71. The van der Waals surface area contributed by atoms with E-state index in [2.05, 4.69) is 27.7 Å². The van der Waals surface area contributed by atoms with Gasteiger partial charge in [-0.2, -0.15) is 0 Å². The van der Waals surface area contributed by atoms with Crippen molar-refractivity contribution in [2.45, 2.75) is 59.8 Å². The Kier molecular flexibility index (Phi) is 3.42. The van der Waals surface area contributed by atoms with Gasteiger partial charge in [0.2, 0.25) is 0 Å². The fourth-order valence-electron chi connectivity index (χ4n) is 4.35. The van der Waals surface area contributed by atoms with Crippen LogP contribution in [0.5, 0.6) is 0 Å². The maximum absolute atomic E-state index is 2.51.